The summed E-state index contributed by atoms with van der Waals surface area (Å²) in [4.78, 5) is 10.2. The van der Waals surface area contributed by atoms with Gasteiger partial charge in [0.25, 0.3) is 0 Å². The van der Waals surface area contributed by atoms with Crippen LogP contribution in [0.15, 0.2) is 0 Å². The number of rotatable bonds is 3. The lowest BCUT2D eigenvalue weighted by molar-refractivity contribution is -0.176. The van der Waals surface area contributed by atoms with Gasteiger partial charge in [0.15, 0.2) is 0 Å². The van der Waals surface area contributed by atoms with Crippen molar-refractivity contribution < 1.29 is 20.4 Å². The lowest BCUT2D eigenvalue weighted by atomic mass is 10.0. The first-order valence-corrected chi connectivity index (χ1v) is 3.28. The maximum absolute atomic E-state index is 10.2. The van der Waals surface area contributed by atoms with Crippen LogP contribution in [0.3, 0.4) is 0 Å². The van der Waals surface area contributed by atoms with Gasteiger partial charge in [0.1, 0.15) is 6.04 Å². The second-order valence-electron chi connectivity index (χ2n) is 2.25. The van der Waals surface area contributed by atoms with Crippen LogP contribution in [0, 0.1) is 5.92 Å². The quantitative estimate of drug-likeness (QED) is 0.359. The Labute approximate surface area is 65.4 Å². The van der Waals surface area contributed by atoms with E-state index < -0.39 is 12.0 Å². The molecule has 11 heavy (non-hydrogen) atoms. The molecule has 0 aromatic rings. The Balaban J connectivity index is 0. The van der Waals surface area contributed by atoms with Crippen molar-refractivity contribution in [2.24, 2.45) is 11.7 Å². The third-order valence-electron chi connectivity index (χ3n) is 1.54. The zero-order chi connectivity index (χ0) is 9.44. The predicted octanol–water partition coefficient (Wildman–Crippen LogP) is 0.462. The Bertz CT molecular complexity index is 107. The fourth-order valence-corrected chi connectivity index (χ4v) is 0.497. The molecule has 0 bridgehead atoms. The minimum Gasteiger partial charge on any atom is -0.480 e. The van der Waals surface area contributed by atoms with Gasteiger partial charge < -0.3 is 10.8 Å². The average molecular weight is 165 g/mol. The van der Waals surface area contributed by atoms with Crippen molar-refractivity contribution in [1.82, 2.24) is 0 Å². The molecule has 0 aliphatic heterocycles. The van der Waals surface area contributed by atoms with Crippen LogP contribution in [-0.2, 0) is 4.79 Å². The molecule has 0 rings (SSSR count). The first kappa shape index (κ1) is 13.0. The molecule has 0 saturated heterocycles. The van der Waals surface area contributed by atoms with E-state index in [1.54, 1.807) is 0 Å². The highest BCUT2D eigenvalue weighted by Crippen LogP contribution is 2.04. The number of carboxylic acid groups (broad SMARTS) is 1. The molecule has 5 heteroatoms. The van der Waals surface area contributed by atoms with E-state index in [4.69, 9.17) is 21.4 Å². The Kier molecular flexibility index (Phi) is 8.80. The molecule has 0 heterocycles. The van der Waals surface area contributed by atoms with Crippen molar-refractivity contribution in [1.29, 1.82) is 0 Å². The molecule has 0 amide bonds. The number of nitrogens with two attached hydrogens (primary N) is 1. The predicted molar refractivity (Wildman–Crippen MR) is 40.3 cm³/mol. The Hall–Kier alpha value is -0.650. The highest BCUT2D eigenvalue weighted by molar-refractivity contribution is 5.73. The van der Waals surface area contributed by atoms with Crippen LogP contribution in [0.2, 0.25) is 0 Å². The minimum absolute atomic E-state index is 0.0718. The van der Waals surface area contributed by atoms with Crippen molar-refractivity contribution in [3.63, 3.8) is 0 Å². The highest BCUT2D eigenvalue weighted by atomic mass is 17.0. The van der Waals surface area contributed by atoms with Crippen LogP contribution >= 0.6 is 0 Å². The highest BCUT2D eigenvalue weighted by Gasteiger charge is 2.17. The lowest BCUT2D eigenvalue weighted by Gasteiger charge is -2.11. The molecule has 5 N–H and O–H groups in total. The number of hydrogen-bond acceptors (Lipinski definition) is 4. The van der Waals surface area contributed by atoms with E-state index in [1.165, 1.54) is 0 Å². The van der Waals surface area contributed by atoms with Crippen LogP contribution < -0.4 is 5.73 Å². The molecule has 5 nitrogen and oxygen atoms in total. The largest absolute Gasteiger partial charge is 0.480 e. The number of carbonyl (C=O) groups is 1. The summed E-state index contributed by atoms with van der Waals surface area (Å²) in [5.41, 5.74) is 5.27. The van der Waals surface area contributed by atoms with Crippen molar-refractivity contribution in [3.8, 4) is 0 Å². The summed E-state index contributed by atoms with van der Waals surface area (Å²) in [5, 5.41) is 20.4. The van der Waals surface area contributed by atoms with Gasteiger partial charge in [0.05, 0.1) is 0 Å². The monoisotopic (exact) mass is 165 g/mol. The summed E-state index contributed by atoms with van der Waals surface area (Å²) in [6.45, 7) is 3.76. The van der Waals surface area contributed by atoms with Gasteiger partial charge in [0.2, 0.25) is 0 Å². The van der Waals surface area contributed by atoms with Gasteiger partial charge in [-0.1, -0.05) is 20.3 Å². The van der Waals surface area contributed by atoms with Gasteiger partial charge in [0, 0.05) is 0 Å². The molecular weight excluding hydrogens is 150 g/mol. The van der Waals surface area contributed by atoms with E-state index in [1.807, 2.05) is 13.8 Å². The molecule has 0 unspecified atom stereocenters. The zero-order valence-corrected chi connectivity index (χ0v) is 6.69. The van der Waals surface area contributed by atoms with Crippen LogP contribution in [0.25, 0.3) is 0 Å². The third kappa shape index (κ3) is 5.78. The van der Waals surface area contributed by atoms with E-state index in [0.29, 0.717) is 0 Å². The summed E-state index contributed by atoms with van der Waals surface area (Å²) in [5.74, 6) is -0.841. The fraction of sp³-hybridized carbons (Fsp3) is 0.833. The molecule has 0 radical (unpaired) electrons. The number of aliphatic carboxylic acids is 1. The number of carboxylic acids is 1. The topological polar surface area (TPSA) is 104 Å². The smallest absolute Gasteiger partial charge is 0.320 e. The Morgan fingerprint density at radius 3 is 2.00 bits per heavy atom. The second-order valence-corrected chi connectivity index (χ2v) is 2.25. The first-order chi connectivity index (χ1) is 5.09. The van der Waals surface area contributed by atoms with Crippen LogP contribution in [0.1, 0.15) is 20.3 Å². The van der Waals surface area contributed by atoms with Crippen LogP contribution in [0.5, 0.6) is 0 Å². The van der Waals surface area contributed by atoms with Gasteiger partial charge in [-0.3, -0.25) is 15.3 Å². The minimum atomic E-state index is -0.913. The summed E-state index contributed by atoms with van der Waals surface area (Å²) < 4.78 is 0. The van der Waals surface area contributed by atoms with E-state index in [0.717, 1.165) is 6.42 Å². The molecule has 68 valence electrons. The summed E-state index contributed by atoms with van der Waals surface area (Å²) in [7, 11) is 0. The van der Waals surface area contributed by atoms with Gasteiger partial charge in [-0.15, -0.1) is 0 Å². The Morgan fingerprint density at radius 1 is 1.55 bits per heavy atom. The molecule has 0 aliphatic rings. The third-order valence-corrected chi connectivity index (χ3v) is 1.54. The van der Waals surface area contributed by atoms with Crippen LogP contribution in [0.4, 0.5) is 0 Å². The molecule has 0 aliphatic carbocycles. The second kappa shape index (κ2) is 7.46. The summed E-state index contributed by atoms with van der Waals surface area (Å²) in [6, 6.07) is -0.699. The van der Waals surface area contributed by atoms with Gasteiger partial charge in [-0.05, 0) is 5.92 Å². The van der Waals surface area contributed by atoms with Crippen molar-refractivity contribution in [3.05, 3.63) is 0 Å². The van der Waals surface area contributed by atoms with Gasteiger partial charge in [-0.2, -0.15) is 0 Å². The molecular formula is C6H15NO4. The van der Waals surface area contributed by atoms with Gasteiger partial charge >= 0.3 is 5.97 Å². The van der Waals surface area contributed by atoms with E-state index in [-0.39, 0.29) is 5.92 Å². The molecule has 0 aromatic carbocycles. The average Bonchev–Trinajstić information content (AvgIpc) is 2.05. The van der Waals surface area contributed by atoms with E-state index in [2.05, 4.69) is 0 Å². The molecule has 0 aromatic heterocycles. The molecule has 0 fully saturated rings. The van der Waals surface area contributed by atoms with Crippen molar-refractivity contribution in [2.75, 3.05) is 0 Å². The van der Waals surface area contributed by atoms with E-state index >= 15 is 0 Å². The lowest BCUT2D eigenvalue weighted by Crippen LogP contribution is -2.36. The fourth-order valence-electron chi connectivity index (χ4n) is 0.497. The standard InChI is InChI=1S/C6H13NO2.H2O2/c1-3-4(2)5(7)6(8)9;1-2/h4-5H,3,7H2,1-2H3,(H,8,9);1-2H/t4-,5-;/m0./s1. The van der Waals surface area contributed by atoms with Crippen molar-refractivity contribution in [2.45, 2.75) is 26.3 Å². The van der Waals surface area contributed by atoms with Crippen molar-refractivity contribution >= 4 is 5.97 Å². The normalized spacial score (nSPS) is 14.3. The molecule has 0 spiro atoms. The maximum atomic E-state index is 10.2. The molecule has 2 atom stereocenters. The SMILES string of the molecule is CC[C@H](C)[C@H](N)C(=O)O.OO. The zero-order valence-electron chi connectivity index (χ0n) is 6.69. The first-order valence-electron chi connectivity index (χ1n) is 3.28. The van der Waals surface area contributed by atoms with Gasteiger partial charge in [-0.25, -0.2) is 0 Å². The summed E-state index contributed by atoms with van der Waals surface area (Å²) >= 11 is 0. The maximum Gasteiger partial charge on any atom is 0.320 e. The van der Waals surface area contributed by atoms with Crippen LogP contribution in [-0.4, -0.2) is 27.6 Å². The number of hydrogen-bond donors (Lipinski definition) is 4. The Morgan fingerprint density at radius 2 is 1.91 bits per heavy atom. The van der Waals surface area contributed by atoms with E-state index in [9.17, 15) is 4.79 Å². The molecule has 0 saturated carbocycles. The summed E-state index contributed by atoms with van der Waals surface area (Å²) in [6.07, 6.45) is 0.813.